The second-order valence-corrected chi connectivity index (χ2v) is 7.18. The fraction of sp³-hybridized carbons (Fsp3) is 0.182. The standard InChI is InChI=1S/C22H22N2O3S/c1-27-22(26)18-11-9-16(10-12-18)14-23-20(25)15-24-21(19-8-5-13-28-19)17-6-3-2-4-7-17/h2-13,21,24H,14-15H2,1H3,(H,23,25)/t21-/m0/s1. The minimum atomic E-state index is -0.375. The summed E-state index contributed by atoms with van der Waals surface area (Å²) in [6.45, 7) is 0.606. The van der Waals surface area contributed by atoms with E-state index in [-0.39, 0.29) is 24.5 Å². The SMILES string of the molecule is COC(=O)c1ccc(CNC(=O)CN[C@@H](c2ccccc2)c2cccs2)cc1. The van der Waals surface area contributed by atoms with Crippen LogP contribution in [0.1, 0.15) is 32.4 Å². The van der Waals surface area contributed by atoms with Crippen LogP contribution in [0.5, 0.6) is 0 Å². The Morgan fingerprint density at radius 2 is 1.75 bits per heavy atom. The van der Waals surface area contributed by atoms with E-state index in [0.29, 0.717) is 12.1 Å². The van der Waals surface area contributed by atoms with Crippen LogP contribution in [-0.4, -0.2) is 25.5 Å². The zero-order valence-electron chi connectivity index (χ0n) is 15.6. The van der Waals surface area contributed by atoms with E-state index >= 15 is 0 Å². The Kier molecular flexibility index (Phi) is 6.94. The van der Waals surface area contributed by atoms with Gasteiger partial charge in [-0.15, -0.1) is 11.3 Å². The molecule has 1 heterocycles. The molecule has 0 saturated heterocycles. The van der Waals surface area contributed by atoms with E-state index in [1.807, 2.05) is 29.6 Å². The van der Waals surface area contributed by atoms with Crippen LogP contribution in [0.15, 0.2) is 72.1 Å². The summed E-state index contributed by atoms with van der Waals surface area (Å²) in [6, 6.07) is 21.1. The van der Waals surface area contributed by atoms with Crippen molar-refractivity contribution in [1.29, 1.82) is 0 Å². The van der Waals surface area contributed by atoms with Gasteiger partial charge in [-0.1, -0.05) is 48.5 Å². The van der Waals surface area contributed by atoms with Crippen molar-refractivity contribution in [2.45, 2.75) is 12.6 Å². The number of benzene rings is 2. The predicted molar refractivity (Wildman–Crippen MR) is 110 cm³/mol. The van der Waals surface area contributed by atoms with Gasteiger partial charge >= 0.3 is 5.97 Å². The predicted octanol–water partition coefficient (Wildman–Crippen LogP) is 3.53. The molecule has 0 saturated carbocycles. The second kappa shape index (κ2) is 9.82. The van der Waals surface area contributed by atoms with Crippen molar-refractivity contribution in [1.82, 2.24) is 10.6 Å². The van der Waals surface area contributed by atoms with Gasteiger partial charge in [-0.05, 0) is 34.7 Å². The number of esters is 1. The first-order chi connectivity index (χ1) is 13.7. The molecule has 1 aromatic heterocycles. The molecule has 1 amide bonds. The first-order valence-electron chi connectivity index (χ1n) is 8.93. The molecule has 0 radical (unpaired) electrons. The van der Waals surface area contributed by atoms with Gasteiger partial charge in [0.25, 0.3) is 0 Å². The molecule has 5 nitrogen and oxygen atoms in total. The van der Waals surface area contributed by atoms with Gasteiger partial charge in [-0.3, -0.25) is 10.1 Å². The Balaban J connectivity index is 1.54. The van der Waals surface area contributed by atoms with Crippen LogP contribution in [0, 0.1) is 0 Å². The van der Waals surface area contributed by atoms with Crippen LogP contribution in [0.25, 0.3) is 0 Å². The molecule has 6 heteroatoms. The molecule has 0 spiro atoms. The van der Waals surface area contributed by atoms with E-state index in [1.54, 1.807) is 35.6 Å². The third-order valence-corrected chi connectivity index (χ3v) is 5.23. The van der Waals surface area contributed by atoms with E-state index in [2.05, 4.69) is 33.6 Å². The summed E-state index contributed by atoms with van der Waals surface area (Å²) in [7, 11) is 1.35. The molecule has 28 heavy (non-hydrogen) atoms. The van der Waals surface area contributed by atoms with Crippen molar-refractivity contribution < 1.29 is 14.3 Å². The van der Waals surface area contributed by atoms with Crippen molar-refractivity contribution in [3.63, 3.8) is 0 Å². The molecule has 144 valence electrons. The summed E-state index contributed by atoms with van der Waals surface area (Å²) in [5.41, 5.74) is 2.52. The Labute approximate surface area is 168 Å². The lowest BCUT2D eigenvalue weighted by Gasteiger charge is -2.18. The summed E-state index contributed by atoms with van der Waals surface area (Å²) in [4.78, 5) is 24.9. The highest BCUT2D eigenvalue weighted by Crippen LogP contribution is 2.25. The van der Waals surface area contributed by atoms with E-state index in [0.717, 1.165) is 16.0 Å². The molecule has 0 unspecified atom stereocenters. The number of ether oxygens (including phenoxy) is 1. The zero-order chi connectivity index (χ0) is 19.8. The molecule has 3 rings (SSSR count). The second-order valence-electron chi connectivity index (χ2n) is 6.21. The maximum Gasteiger partial charge on any atom is 0.337 e. The highest BCUT2D eigenvalue weighted by molar-refractivity contribution is 7.10. The van der Waals surface area contributed by atoms with Crippen LogP contribution < -0.4 is 10.6 Å². The third-order valence-electron chi connectivity index (χ3n) is 4.29. The molecule has 0 fully saturated rings. The first-order valence-corrected chi connectivity index (χ1v) is 9.81. The van der Waals surface area contributed by atoms with Gasteiger partial charge in [0.05, 0.1) is 25.3 Å². The minimum Gasteiger partial charge on any atom is -0.465 e. The molecule has 0 aliphatic heterocycles. The first kappa shape index (κ1) is 19.8. The molecule has 0 aliphatic rings. The molecule has 0 bridgehead atoms. The number of carbonyl (C=O) groups excluding carboxylic acids is 2. The lowest BCUT2D eigenvalue weighted by Crippen LogP contribution is -2.35. The average molecular weight is 394 g/mol. The summed E-state index contributed by atoms with van der Waals surface area (Å²) in [5.74, 6) is -0.463. The van der Waals surface area contributed by atoms with E-state index < -0.39 is 0 Å². The van der Waals surface area contributed by atoms with Gasteiger partial charge in [0.15, 0.2) is 0 Å². The lowest BCUT2D eigenvalue weighted by molar-refractivity contribution is -0.120. The molecule has 1 atom stereocenters. The van der Waals surface area contributed by atoms with Gasteiger partial charge in [0, 0.05) is 11.4 Å². The highest BCUT2D eigenvalue weighted by atomic mass is 32.1. The molecular weight excluding hydrogens is 372 g/mol. The van der Waals surface area contributed by atoms with Gasteiger partial charge in [0.1, 0.15) is 0 Å². The lowest BCUT2D eigenvalue weighted by atomic mass is 10.1. The normalized spacial score (nSPS) is 11.6. The minimum absolute atomic E-state index is 0.0220. The Morgan fingerprint density at radius 1 is 1.00 bits per heavy atom. The van der Waals surface area contributed by atoms with Gasteiger partial charge < -0.3 is 10.1 Å². The van der Waals surface area contributed by atoms with Crippen LogP contribution in [0.3, 0.4) is 0 Å². The largest absolute Gasteiger partial charge is 0.465 e. The van der Waals surface area contributed by atoms with Gasteiger partial charge in [-0.25, -0.2) is 4.79 Å². The maximum absolute atomic E-state index is 12.3. The van der Waals surface area contributed by atoms with E-state index in [1.165, 1.54) is 7.11 Å². The number of amides is 1. The van der Waals surface area contributed by atoms with Gasteiger partial charge in [-0.2, -0.15) is 0 Å². The van der Waals surface area contributed by atoms with Crippen molar-refractivity contribution in [2.75, 3.05) is 13.7 Å². The zero-order valence-corrected chi connectivity index (χ0v) is 16.4. The van der Waals surface area contributed by atoms with Crippen molar-refractivity contribution in [3.8, 4) is 0 Å². The Morgan fingerprint density at radius 3 is 2.39 bits per heavy atom. The van der Waals surface area contributed by atoms with Crippen molar-refractivity contribution in [3.05, 3.63) is 93.7 Å². The fourth-order valence-electron chi connectivity index (χ4n) is 2.82. The van der Waals surface area contributed by atoms with E-state index in [4.69, 9.17) is 0 Å². The number of thiophene rings is 1. The monoisotopic (exact) mass is 394 g/mol. The van der Waals surface area contributed by atoms with Crippen molar-refractivity contribution >= 4 is 23.2 Å². The van der Waals surface area contributed by atoms with Crippen LogP contribution in [0.2, 0.25) is 0 Å². The van der Waals surface area contributed by atoms with Crippen LogP contribution in [0.4, 0.5) is 0 Å². The summed E-state index contributed by atoms with van der Waals surface area (Å²) in [6.07, 6.45) is 0. The molecule has 2 N–H and O–H groups in total. The summed E-state index contributed by atoms with van der Waals surface area (Å²) in [5, 5.41) is 8.28. The fourth-order valence-corrected chi connectivity index (χ4v) is 3.65. The number of methoxy groups -OCH3 is 1. The van der Waals surface area contributed by atoms with Gasteiger partial charge in [0.2, 0.25) is 5.91 Å². The van der Waals surface area contributed by atoms with Crippen LogP contribution in [-0.2, 0) is 16.1 Å². The number of hydrogen-bond acceptors (Lipinski definition) is 5. The average Bonchev–Trinajstić information content (AvgIpc) is 3.27. The number of nitrogens with one attached hydrogen (secondary N) is 2. The quantitative estimate of drug-likeness (QED) is 0.574. The van der Waals surface area contributed by atoms with Crippen LogP contribution >= 0.6 is 11.3 Å². The Hall–Kier alpha value is -2.96. The van der Waals surface area contributed by atoms with Crippen molar-refractivity contribution in [2.24, 2.45) is 0 Å². The van der Waals surface area contributed by atoms with E-state index in [9.17, 15) is 9.59 Å². The summed E-state index contributed by atoms with van der Waals surface area (Å²) >= 11 is 1.66. The number of carbonyl (C=O) groups is 2. The molecule has 3 aromatic rings. The number of rotatable bonds is 8. The topological polar surface area (TPSA) is 67.4 Å². The Bertz CT molecular complexity index is 893. The third kappa shape index (κ3) is 5.28. The smallest absolute Gasteiger partial charge is 0.337 e. The highest BCUT2D eigenvalue weighted by Gasteiger charge is 2.15. The number of hydrogen-bond donors (Lipinski definition) is 2. The maximum atomic E-state index is 12.3. The molecule has 0 aliphatic carbocycles. The summed E-state index contributed by atoms with van der Waals surface area (Å²) < 4.78 is 4.68. The molecular formula is C22H22N2O3S. The molecule has 2 aromatic carbocycles.